The second-order valence-corrected chi connectivity index (χ2v) is 8.87. The fourth-order valence-corrected chi connectivity index (χ4v) is 4.49. The van der Waals surface area contributed by atoms with Gasteiger partial charge in [0.05, 0.1) is 18.2 Å². The molecule has 36 heavy (non-hydrogen) atoms. The zero-order valence-corrected chi connectivity index (χ0v) is 20.7. The van der Waals surface area contributed by atoms with Gasteiger partial charge in [-0.25, -0.2) is 9.78 Å². The highest BCUT2D eigenvalue weighted by molar-refractivity contribution is 6.05. The molecular formula is C25H31N5O6. The van der Waals surface area contributed by atoms with Gasteiger partial charge in [-0.1, -0.05) is 0 Å². The van der Waals surface area contributed by atoms with Crippen LogP contribution in [0, 0.1) is 13.8 Å². The molecule has 1 saturated carbocycles. The van der Waals surface area contributed by atoms with E-state index >= 15 is 0 Å². The van der Waals surface area contributed by atoms with Crippen molar-refractivity contribution in [2.45, 2.75) is 58.6 Å². The Balaban J connectivity index is 1.56. The molecule has 2 heterocycles. The number of aromatic nitrogens is 2. The Bertz CT molecular complexity index is 1290. The number of fused-ring (bicyclic) bond motifs is 1. The zero-order valence-electron chi connectivity index (χ0n) is 20.7. The van der Waals surface area contributed by atoms with E-state index in [2.05, 4.69) is 15.6 Å². The molecule has 2 aromatic heterocycles. The predicted molar refractivity (Wildman–Crippen MR) is 132 cm³/mol. The molecule has 0 spiro atoms. The molecule has 1 fully saturated rings. The molecule has 3 aromatic rings. The summed E-state index contributed by atoms with van der Waals surface area (Å²) in [6.07, 6.45) is 4.05. The van der Waals surface area contributed by atoms with Gasteiger partial charge in [-0.2, -0.15) is 0 Å². The number of hydrogen-bond acceptors (Lipinski definition) is 7. The SMILES string of the molecule is COc1cc(C(N)=O)cc2nc(NC(=O)c3cc(C)oc3C)n(CCCNC(=O)OC3CCCC3)c12. The normalized spacial score (nSPS) is 13.6. The summed E-state index contributed by atoms with van der Waals surface area (Å²) in [6.45, 7) is 4.23. The predicted octanol–water partition coefficient (Wildman–Crippen LogP) is 3.66. The van der Waals surface area contributed by atoms with Gasteiger partial charge in [-0.3, -0.25) is 14.9 Å². The van der Waals surface area contributed by atoms with Gasteiger partial charge in [-0.05, 0) is 64.2 Å². The third kappa shape index (κ3) is 5.45. The molecule has 1 aromatic carbocycles. The van der Waals surface area contributed by atoms with Crippen LogP contribution in [0.5, 0.6) is 5.75 Å². The summed E-state index contributed by atoms with van der Waals surface area (Å²) in [4.78, 5) is 41.4. The molecule has 11 heteroatoms. The second-order valence-electron chi connectivity index (χ2n) is 8.87. The van der Waals surface area contributed by atoms with Crippen molar-refractivity contribution < 1.29 is 28.3 Å². The van der Waals surface area contributed by atoms with E-state index in [-0.39, 0.29) is 23.5 Å². The Morgan fingerprint density at radius 1 is 1.19 bits per heavy atom. The number of imidazole rings is 1. The van der Waals surface area contributed by atoms with Crippen LogP contribution in [0.25, 0.3) is 11.0 Å². The number of benzene rings is 1. The van der Waals surface area contributed by atoms with E-state index < -0.39 is 12.0 Å². The number of carbonyl (C=O) groups is 3. The zero-order chi connectivity index (χ0) is 25.8. The number of rotatable bonds is 9. The number of alkyl carbamates (subject to hydrolysis) is 1. The molecule has 0 aliphatic heterocycles. The number of anilines is 1. The van der Waals surface area contributed by atoms with E-state index in [9.17, 15) is 14.4 Å². The summed E-state index contributed by atoms with van der Waals surface area (Å²) in [5.41, 5.74) is 7.13. The molecule has 0 radical (unpaired) electrons. The number of amides is 3. The molecule has 4 rings (SSSR count). The maximum atomic E-state index is 13.0. The van der Waals surface area contributed by atoms with Gasteiger partial charge in [-0.15, -0.1) is 0 Å². The van der Waals surface area contributed by atoms with Crippen molar-refractivity contribution in [3.63, 3.8) is 0 Å². The Labute approximate surface area is 208 Å². The van der Waals surface area contributed by atoms with E-state index in [0.717, 1.165) is 25.7 Å². The lowest BCUT2D eigenvalue weighted by atomic mass is 10.1. The van der Waals surface area contributed by atoms with Crippen LogP contribution in [-0.2, 0) is 11.3 Å². The lowest BCUT2D eigenvalue weighted by molar-refractivity contribution is 0.0994. The molecule has 3 amide bonds. The molecule has 0 bridgehead atoms. The van der Waals surface area contributed by atoms with Crippen molar-refractivity contribution in [1.82, 2.24) is 14.9 Å². The minimum atomic E-state index is -0.621. The fourth-order valence-electron chi connectivity index (χ4n) is 4.49. The van der Waals surface area contributed by atoms with Gasteiger partial charge in [0.2, 0.25) is 11.9 Å². The molecule has 4 N–H and O–H groups in total. The van der Waals surface area contributed by atoms with Crippen LogP contribution in [0.15, 0.2) is 22.6 Å². The summed E-state index contributed by atoms with van der Waals surface area (Å²) in [7, 11) is 1.48. The van der Waals surface area contributed by atoms with Gasteiger partial charge in [0, 0.05) is 18.7 Å². The van der Waals surface area contributed by atoms with Crippen molar-refractivity contribution in [1.29, 1.82) is 0 Å². The first-order valence-electron chi connectivity index (χ1n) is 12.0. The minimum absolute atomic E-state index is 0.0110. The van der Waals surface area contributed by atoms with Crippen molar-refractivity contribution in [2.75, 3.05) is 19.0 Å². The average Bonchev–Trinajstić information content (AvgIpc) is 3.55. The van der Waals surface area contributed by atoms with Crippen molar-refractivity contribution in [3.05, 3.63) is 40.8 Å². The van der Waals surface area contributed by atoms with Crippen LogP contribution < -0.4 is 21.1 Å². The van der Waals surface area contributed by atoms with Crippen molar-refractivity contribution in [3.8, 4) is 5.75 Å². The number of aryl methyl sites for hydroxylation is 3. The second kappa shape index (κ2) is 10.7. The highest BCUT2D eigenvalue weighted by Crippen LogP contribution is 2.31. The molecule has 0 saturated heterocycles. The number of nitrogens with zero attached hydrogens (tertiary/aromatic N) is 2. The summed E-state index contributed by atoms with van der Waals surface area (Å²) < 4.78 is 18.2. The lowest BCUT2D eigenvalue weighted by Gasteiger charge is -2.14. The molecule has 0 atom stereocenters. The van der Waals surface area contributed by atoms with Crippen molar-refractivity contribution >= 4 is 34.9 Å². The molecule has 192 valence electrons. The van der Waals surface area contributed by atoms with Gasteiger partial charge in [0.15, 0.2) is 0 Å². The number of furan rings is 1. The van der Waals surface area contributed by atoms with Crippen LogP contribution in [-0.4, -0.2) is 47.2 Å². The molecule has 1 aliphatic carbocycles. The topological polar surface area (TPSA) is 151 Å². The average molecular weight is 498 g/mol. The Kier molecular flexibility index (Phi) is 7.47. The third-order valence-corrected chi connectivity index (χ3v) is 6.23. The summed E-state index contributed by atoms with van der Waals surface area (Å²) >= 11 is 0. The van der Waals surface area contributed by atoms with Gasteiger partial charge in [0.25, 0.3) is 5.91 Å². The lowest BCUT2D eigenvalue weighted by Crippen LogP contribution is -2.29. The summed E-state index contributed by atoms with van der Waals surface area (Å²) in [6, 6.07) is 4.75. The number of primary amides is 1. The molecule has 1 aliphatic rings. The Morgan fingerprint density at radius 3 is 2.58 bits per heavy atom. The van der Waals surface area contributed by atoms with Gasteiger partial charge in [0.1, 0.15) is 28.9 Å². The summed E-state index contributed by atoms with van der Waals surface area (Å²) in [5, 5.41) is 5.62. The quantitative estimate of drug-likeness (QED) is 0.382. The van der Waals surface area contributed by atoms with Crippen LogP contribution in [0.4, 0.5) is 10.7 Å². The largest absolute Gasteiger partial charge is 0.494 e. The van der Waals surface area contributed by atoms with Crippen LogP contribution in [0.3, 0.4) is 0 Å². The first kappa shape index (κ1) is 25.1. The van der Waals surface area contributed by atoms with E-state index in [1.807, 2.05) is 0 Å². The molecule has 0 unspecified atom stereocenters. The third-order valence-electron chi connectivity index (χ3n) is 6.23. The van der Waals surface area contributed by atoms with Gasteiger partial charge >= 0.3 is 6.09 Å². The Morgan fingerprint density at radius 2 is 1.94 bits per heavy atom. The maximum absolute atomic E-state index is 13.0. The number of nitrogens with two attached hydrogens (primary N) is 1. The van der Waals surface area contributed by atoms with Crippen LogP contribution in [0.1, 0.15) is 64.3 Å². The molecule has 11 nitrogen and oxygen atoms in total. The monoisotopic (exact) mass is 497 g/mol. The number of hydrogen-bond donors (Lipinski definition) is 3. The van der Waals surface area contributed by atoms with E-state index in [1.54, 1.807) is 30.5 Å². The highest BCUT2D eigenvalue weighted by atomic mass is 16.6. The Hall–Kier alpha value is -4.02. The van der Waals surface area contributed by atoms with Crippen LogP contribution >= 0.6 is 0 Å². The maximum Gasteiger partial charge on any atom is 0.407 e. The number of nitrogens with one attached hydrogen (secondary N) is 2. The first-order chi connectivity index (χ1) is 17.3. The summed E-state index contributed by atoms with van der Waals surface area (Å²) in [5.74, 6) is 0.763. The minimum Gasteiger partial charge on any atom is -0.494 e. The highest BCUT2D eigenvalue weighted by Gasteiger charge is 2.22. The van der Waals surface area contributed by atoms with Gasteiger partial charge < -0.3 is 29.5 Å². The number of methoxy groups -OCH3 is 1. The number of carbonyl (C=O) groups excluding carboxylic acids is 3. The van der Waals surface area contributed by atoms with Crippen LogP contribution in [0.2, 0.25) is 0 Å². The molecular weight excluding hydrogens is 466 g/mol. The number of ether oxygens (including phenoxy) is 2. The van der Waals surface area contributed by atoms with E-state index in [0.29, 0.717) is 53.4 Å². The first-order valence-corrected chi connectivity index (χ1v) is 12.0. The van der Waals surface area contributed by atoms with Crippen molar-refractivity contribution in [2.24, 2.45) is 5.73 Å². The fraction of sp³-hybridized carbons (Fsp3) is 0.440. The van der Waals surface area contributed by atoms with E-state index in [4.69, 9.17) is 19.6 Å². The standard InChI is InChI=1S/C25H31N5O6/c1-14-11-18(15(2)35-14)23(32)29-24-28-19-12-16(22(26)31)13-20(34-3)21(19)30(24)10-6-9-27-25(33)36-17-7-4-5-8-17/h11-13,17H,4-10H2,1-3H3,(H2,26,31)(H,27,33)(H,28,29,32). The smallest absolute Gasteiger partial charge is 0.407 e. The van der Waals surface area contributed by atoms with E-state index in [1.165, 1.54) is 13.2 Å².